The molecule has 0 aromatic heterocycles. The molecule has 7 nitrogen and oxygen atoms in total. The van der Waals surface area contributed by atoms with Crippen LogP contribution in [0.15, 0.2) is 77.7 Å². The molecule has 40 heavy (non-hydrogen) atoms. The zero-order chi connectivity index (χ0) is 28.9. The van der Waals surface area contributed by atoms with Crippen molar-refractivity contribution in [1.29, 1.82) is 0 Å². The summed E-state index contributed by atoms with van der Waals surface area (Å²) in [4.78, 5) is 28.6. The lowest BCUT2D eigenvalue weighted by Crippen LogP contribution is -2.52. The lowest BCUT2D eigenvalue weighted by Gasteiger charge is -2.32. The van der Waals surface area contributed by atoms with Crippen molar-refractivity contribution in [3.05, 3.63) is 93.4 Å². The zero-order valence-corrected chi connectivity index (χ0v) is 25.0. The maximum absolute atomic E-state index is 14.0. The molecule has 4 rings (SSSR count). The zero-order valence-electron chi connectivity index (χ0n) is 21.9. The number of carbonyl (C=O) groups is 2. The van der Waals surface area contributed by atoms with Crippen molar-refractivity contribution < 1.29 is 18.0 Å². The number of hydrogen-bond donors (Lipinski definition) is 1. The third-order valence-electron chi connectivity index (χ3n) is 6.90. The van der Waals surface area contributed by atoms with Crippen molar-refractivity contribution in [2.75, 3.05) is 10.8 Å². The van der Waals surface area contributed by atoms with E-state index in [4.69, 9.17) is 34.8 Å². The Balaban J connectivity index is 1.70. The number of rotatable bonds is 10. The molecule has 0 radical (unpaired) electrons. The molecule has 0 spiro atoms. The highest BCUT2D eigenvalue weighted by molar-refractivity contribution is 7.92. The number of sulfonamides is 1. The van der Waals surface area contributed by atoms with Gasteiger partial charge in [-0.05, 0) is 67.8 Å². The summed E-state index contributed by atoms with van der Waals surface area (Å²) in [5.41, 5.74) is 0.789. The summed E-state index contributed by atoms with van der Waals surface area (Å²) >= 11 is 18.7. The SMILES string of the molecule is C[C@H](C(=O)NC1CCCC1)N(Cc1cccc(Cl)c1)C(=O)CN(c1ccc(Cl)cc1Cl)S(=O)(=O)c1ccccc1. The lowest BCUT2D eigenvalue weighted by molar-refractivity contribution is -0.139. The summed E-state index contributed by atoms with van der Waals surface area (Å²) in [6, 6.07) is 18.3. The van der Waals surface area contributed by atoms with Crippen LogP contribution in [0.4, 0.5) is 5.69 Å². The minimum Gasteiger partial charge on any atom is -0.352 e. The average molecular weight is 623 g/mol. The number of nitrogens with zero attached hydrogens (tertiary/aromatic N) is 2. The topological polar surface area (TPSA) is 86.8 Å². The van der Waals surface area contributed by atoms with Gasteiger partial charge in [0.1, 0.15) is 12.6 Å². The molecule has 1 fully saturated rings. The largest absolute Gasteiger partial charge is 0.352 e. The van der Waals surface area contributed by atoms with Crippen molar-refractivity contribution in [2.45, 2.75) is 56.1 Å². The molecular weight excluding hydrogens is 593 g/mol. The number of benzene rings is 3. The molecule has 0 heterocycles. The molecule has 0 unspecified atom stereocenters. The van der Waals surface area contributed by atoms with Crippen LogP contribution >= 0.6 is 34.8 Å². The van der Waals surface area contributed by atoms with Crippen LogP contribution in [0.2, 0.25) is 15.1 Å². The molecule has 1 N–H and O–H groups in total. The summed E-state index contributed by atoms with van der Waals surface area (Å²) in [5, 5.41) is 3.90. The average Bonchev–Trinajstić information content (AvgIpc) is 3.44. The fraction of sp³-hybridized carbons (Fsp3) is 0.310. The first kappa shape index (κ1) is 30.2. The second kappa shape index (κ2) is 13.3. The van der Waals surface area contributed by atoms with Crippen LogP contribution in [0.5, 0.6) is 0 Å². The number of halogens is 3. The second-order valence-electron chi connectivity index (χ2n) is 9.74. The first-order valence-electron chi connectivity index (χ1n) is 12.9. The van der Waals surface area contributed by atoms with E-state index >= 15 is 0 Å². The number of hydrogen-bond acceptors (Lipinski definition) is 4. The number of anilines is 1. The van der Waals surface area contributed by atoms with Crippen LogP contribution in [0.25, 0.3) is 0 Å². The number of carbonyl (C=O) groups excluding carboxylic acids is 2. The van der Waals surface area contributed by atoms with E-state index in [1.807, 2.05) is 0 Å². The van der Waals surface area contributed by atoms with Gasteiger partial charge in [-0.3, -0.25) is 13.9 Å². The molecule has 3 aromatic carbocycles. The smallest absolute Gasteiger partial charge is 0.264 e. The monoisotopic (exact) mass is 621 g/mol. The van der Waals surface area contributed by atoms with Crippen LogP contribution in [-0.4, -0.2) is 43.8 Å². The Morgan fingerprint density at radius 1 is 0.925 bits per heavy atom. The molecule has 2 amide bonds. The van der Waals surface area contributed by atoms with Crippen molar-refractivity contribution >= 4 is 62.3 Å². The highest BCUT2D eigenvalue weighted by atomic mass is 35.5. The van der Waals surface area contributed by atoms with Crippen LogP contribution in [0.1, 0.15) is 38.2 Å². The molecule has 11 heteroatoms. The van der Waals surface area contributed by atoms with Gasteiger partial charge >= 0.3 is 0 Å². The normalized spacial score (nSPS) is 14.5. The van der Waals surface area contributed by atoms with Gasteiger partial charge in [-0.15, -0.1) is 0 Å². The van der Waals surface area contributed by atoms with Crippen LogP contribution in [0.3, 0.4) is 0 Å². The molecule has 0 saturated heterocycles. The predicted molar refractivity (Wildman–Crippen MR) is 159 cm³/mol. The van der Waals surface area contributed by atoms with Crippen LogP contribution < -0.4 is 9.62 Å². The molecule has 0 bridgehead atoms. The van der Waals surface area contributed by atoms with E-state index in [1.165, 1.54) is 35.2 Å². The Morgan fingerprint density at radius 3 is 2.25 bits per heavy atom. The Labute approximate surface area is 250 Å². The minimum absolute atomic E-state index is 0.0118. The molecule has 1 aliphatic carbocycles. The molecule has 212 valence electrons. The third kappa shape index (κ3) is 7.29. The van der Waals surface area contributed by atoms with Crippen molar-refractivity contribution in [3.8, 4) is 0 Å². The molecule has 1 aliphatic rings. The number of amides is 2. The Kier molecular flexibility index (Phi) is 10.0. The molecule has 0 aliphatic heterocycles. The van der Waals surface area contributed by atoms with Crippen molar-refractivity contribution in [2.24, 2.45) is 0 Å². The third-order valence-corrected chi connectivity index (χ3v) is 9.45. The first-order chi connectivity index (χ1) is 19.1. The van der Waals surface area contributed by atoms with E-state index in [0.717, 1.165) is 30.0 Å². The van der Waals surface area contributed by atoms with E-state index in [9.17, 15) is 18.0 Å². The fourth-order valence-electron chi connectivity index (χ4n) is 4.72. The van der Waals surface area contributed by atoms with Gasteiger partial charge in [0.2, 0.25) is 11.8 Å². The molecular formula is C29H30Cl3N3O4S. The van der Waals surface area contributed by atoms with Gasteiger partial charge in [-0.2, -0.15) is 0 Å². The first-order valence-corrected chi connectivity index (χ1v) is 15.5. The van der Waals surface area contributed by atoms with Crippen molar-refractivity contribution in [3.63, 3.8) is 0 Å². The fourth-order valence-corrected chi connectivity index (χ4v) is 6.95. The molecule has 3 aromatic rings. The van der Waals surface area contributed by atoms with Crippen molar-refractivity contribution in [1.82, 2.24) is 10.2 Å². The van der Waals surface area contributed by atoms with Gasteiger partial charge in [0.05, 0.1) is 15.6 Å². The standard InChI is InChI=1S/C29H30Cl3N3O4S/c1-20(29(37)33-24-10-5-6-11-24)34(18-21-8-7-9-22(30)16-21)28(36)19-35(27-15-14-23(31)17-26(27)32)40(38,39)25-12-3-2-4-13-25/h2-4,7-9,12-17,20,24H,5-6,10-11,18-19H2,1H3,(H,33,37)/t20-/m1/s1. The molecule has 1 saturated carbocycles. The van der Waals surface area contributed by atoms with E-state index in [2.05, 4.69) is 5.32 Å². The maximum Gasteiger partial charge on any atom is 0.264 e. The van der Waals surface area contributed by atoms with E-state index in [-0.39, 0.29) is 34.1 Å². The van der Waals surface area contributed by atoms with Gasteiger partial charge in [0.25, 0.3) is 10.0 Å². The second-order valence-corrected chi connectivity index (χ2v) is 12.9. The van der Waals surface area contributed by atoms with Gasteiger partial charge in [-0.1, -0.05) is 78.0 Å². The van der Waals surface area contributed by atoms with E-state index < -0.39 is 28.5 Å². The Hall–Kier alpha value is -2.78. The molecule has 1 atom stereocenters. The Morgan fingerprint density at radius 2 is 1.60 bits per heavy atom. The highest BCUT2D eigenvalue weighted by Gasteiger charge is 2.34. The van der Waals surface area contributed by atoms with E-state index in [0.29, 0.717) is 15.6 Å². The predicted octanol–water partition coefficient (Wildman–Crippen LogP) is 6.32. The maximum atomic E-state index is 14.0. The lowest BCUT2D eigenvalue weighted by atomic mass is 10.1. The van der Waals surface area contributed by atoms with Crippen LogP contribution in [0, 0.1) is 0 Å². The number of nitrogens with one attached hydrogen (secondary N) is 1. The summed E-state index contributed by atoms with van der Waals surface area (Å²) in [6.07, 6.45) is 3.86. The van der Waals surface area contributed by atoms with E-state index in [1.54, 1.807) is 49.4 Å². The summed E-state index contributed by atoms with van der Waals surface area (Å²) in [5.74, 6) is -0.885. The highest BCUT2D eigenvalue weighted by Crippen LogP contribution is 2.33. The van der Waals surface area contributed by atoms with Gasteiger partial charge in [0.15, 0.2) is 0 Å². The van der Waals surface area contributed by atoms with Gasteiger partial charge in [-0.25, -0.2) is 8.42 Å². The summed E-state index contributed by atoms with van der Waals surface area (Å²) in [7, 11) is -4.23. The van der Waals surface area contributed by atoms with Gasteiger partial charge < -0.3 is 10.2 Å². The Bertz CT molecular complexity index is 1460. The van der Waals surface area contributed by atoms with Gasteiger partial charge in [0, 0.05) is 22.6 Å². The minimum atomic E-state index is -4.23. The quantitative estimate of drug-likeness (QED) is 0.287. The summed E-state index contributed by atoms with van der Waals surface area (Å²) < 4.78 is 28.6. The summed E-state index contributed by atoms with van der Waals surface area (Å²) in [6.45, 7) is 1.09. The van der Waals surface area contributed by atoms with Crippen LogP contribution in [-0.2, 0) is 26.2 Å².